The van der Waals surface area contributed by atoms with E-state index in [4.69, 9.17) is 9.47 Å². The van der Waals surface area contributed by atoms with Crippen LogP contribution in [0.25, 0.3) is 0 Å². The van der Waals surface area contributed by atoms with Gasteiger partial charge in [-0.15, -0.1) is 0 Å². The van der Waals surface area contributed by atoms with Gasteiger partial charge in [-0.2, -0.15) is 0 Å². The van der Waals surface area contributed by atoms with Crippen LogP contribution in [0.3, 0.4) is 0 Å². The van der Waals surface area contributed by atoms with Crippen LogP contribution in [0.1, 0.15) is 58.2 Å². The van der Waals surface area contributed by atoms with E-state index in [1.807, 2.05) is 57.2 Å². The topological polar surface area (TPSA) is 55.8 Å². The molecule has 1 heterocycles. The Morgan fingerprint density at radius 3 is 2.58 bits per heavy atom. The number of carbonyl (C=O) groups excluding carboxylic acids is 1. The maximum atomic E-state index is 12.2. The van der Waals surface area contributed by atoms with Crippen molar-refractivity contribution in [1.29, 1.82) is 0 Å². The Hall–Kier alpha value is -2.33. The largest absolute Gasteiger partial charge is 0.494 e. The monoisotopic (exact) mass is 326 g/mol. The van der Waals surface area contributed by atoms with Crippen LogP contribution >= 0.6 is 0 Å². The third-order valence-corrected chi connectivity index (χ3v) is 4.24. The molecule has 1 aliphatic heterocycles. The van der Waals surface area contributed by atoms with Gasteiger partial charge in [0.05, 0.1) is 12.2 Å². The molecule has 0 amide bonds. The Balaban J connectivity index is 1.87. The third kappa shape index (κ3) is 3.02. The fraction of sp³-hybridized carbons (Fsp3) is 0.350. The summed E-state index contributed by atoms with van der Waals surface area (Å²) in [6.45, 7) is 6.57. The second-order valence-corrected chi connectivity index (χ2v) is 6.23. The molecule has 0 aromatic heterocycles. The van der Waals surface area contributed by atoms with Crippen molar-refractivity contribution < 1.29 is 19.4 Å². The van der Waals surface area contributed by atoms with Crippen LogP contribution in [0.2, 0.25) is 0 Å². The van der Waals surface area contributed by atoms with E-state index in [2.05, 4.69) is 0 Å². The molecule has 1 N–H and O–H groups in total. The number of fused-ring (bicyclic) bond motifs is 1. The molecule has 1 aliphatic rings. The summed E-state index contributed by atoms with van der Waals surface area (Å²) in [5.41, 5.74) is 3.96. The second kappa shape index (κ2) is 6.65. The van der Waals surface area contributed by atoms with Crippen LogP contribution in [0, 0.1) is 13.8 Å². The minimum absolute atomic E-state index is 0.366. The normalized spacial score (nSPS) is 17.3. The van der Waals surface area contributed by atoms with Gasteiger partial charge in [0.25, 0.3) is 0 Å². The molecule has 0 spiro atoms. The van der Waals surface area contributed by atoms with E-state index in [9.17, 15) is 9.90 Å². The van der Waals surface area contributed by atoms with Gasteiger partial charge in [0, 0.05) is 5.56 Å². The van der Waals surface area contributed by atoms with Gasteiger partial charge in [-0.25, -0.2) is 4.79 Å². The molecule has 3 rings (SSSR count). The lowest BCUT2D eigenvalue weighted by molar-refractivity contribution is -0.0103. The molecule has 126 valence electrons. The molecule has 24 heavy (non-hydrogen) atoms. The minimum Gasteiger partial charge on any atom is -0.494 e. The van der Waals surface area contributed by atoms with Crippen LogP contribution in [-0.2, 0) is 4.74 Å². The molecule has 2 unspecified atom stereocenters. The van der Waals surface area contributed by atoms with E-state index >= 15 is 0 Å². The Bertz CT molecular complexity index is 749. The molecule has 0 aliphatic carbocycles. The van der Waals surface area contributed by atoms with Crippen LogP contribution in [0.5, 0.6) is 5.75 Å². The lowest BCUT2D eigenvalue weighted by atomic mass is 9.93. The first-order chi connectivity index (χ1) is 11.5. The summed E-state index contributed by atoms with van der Waals surface area (Å²) in [7, 11) is 0. The van der Waals surface area contributed by atoms with Gasteiger partial charge in [-0.05, 0) is 43.5 Å². The quantitative estimate of drug-likeness (QED) is 0.843. The van der Waals surface area contributed by atoms with Crippen molar-refractivity contribution in [2.24, 2.45) is 0 Å². The number of aliphatic hydroxyl groups excluding tert-OH is 1. The number of carbonyl (C=O) groups is 1. The first-order valence-electron chi connectivity index (χ1n) is 8.24. The van der Waals surface area contributed by atoms with Crippen LogP contribution < -0.4 is 4.74 Å². The predicted molar refractivity (Wildman–Crippen MR) is 91.3 cm³/mol. The number of hydrogen-bond acceptors (Lipinski definition) is 4. The number of rotatable bonds is 5. The van der Waals surface area contributed by atoms with Crippen molar-refractivity contribution in [3.8, 4) is 5.75 Å². The highest BCUT2D eigenvalue weighted by molar-refractivity contribution is 5.95. The average molecular weight is 326 g/mol. The Morgan fingerprint density at radius 2 is 1.92 bits per heavy atom. The first-order valence-corrected chi connectivity index (χ1v) is 8.24. The van der Waals surface area contributed by atoms with Crippen LogP contribution in [-0.4, -0.2) is 17.7 Å². The summed E-state index contributed by atoms with van der Waals surface area (Å²) >= 11 is 0. The fourth-order valence-corrected chi connectivity index (χ4v) is 3.13. The van der Waals surface area contributed by atoms with Gasteiger partial charge in [-0.3, -0.25) is 0 Å². The molecule has 4 heteroatoms. The molecule has 0 fully saturated rings. The molecule has 0 saturated heterocycles. The van der Waals surface area contributed by atoms with Crippen molar-refractivity contribution in [2.75, 3.05) is 6.61 Å². The molecule has 2 aromatic carbocycles. The summed E-state index contributed by atoms with van der Waals surface area (Å²) in [4.78, 5) is 12.2. The summed E-state index contributed by atoms with van der Waals surface area (Å²) in [5.74, 6) is 0.401. The van der Waals surface area contributed by atoms with Gasteiger partial charge >= 0.3 is 5.97 Å². The summed E-state index contributed by atoms with van der Waals surface area (Å²) in [5, 5.41) is 10.7. The van der Waals surface area contributed by atoms with E-state index in [0.29, 0.717) is 17.7 Å². The standard InChI is InChI=1S/C20H22O4/c1-4-9-23-15-7-5-14(6-8-15)18(21)19-16-11-12(2)10-13(3)17(16)20(22)24-19/h5-8,10-11,18-19,21H,4,9H2,1-3H3. The molecule has 2 aromatic rings. The smallest absolute Gasteiger partial charge is 0.339 e. The molecule has 0 saturated carbocycles. The van der Waals surface area contributed by atoms with Crippen molar-refractivity contribution >= 4 is 5.97 Å². The predicted octanol–water partition coefficient (Wildman–Crippen LogP) is 4.04. The molecule has 0 radical (unpaired) electrons. The van der Waals surface area contributed by atoms with Crippen LogP contribution in [0.4, 0.5) is 0 Å². The highest BCUT2D eigenvalue weighted by Crippen LogP contribution is 2.41. The summed E-state index contributed by atoms with van der Waals surface area (Å²) in [6.07, 6.45) is -0.636. The van der Waals surface area contributed by atoms with E-state index in [1.54, 1.807) is 0 Å². The van der Waals surface area contributed by atoms with Gasteiger partial charge < -0.3 is 14.6 Å². The molecule has 4 nitrogen and oxygen atoms in total. The zero-order chi connectivity index (χ0) is 17.3. The van der Waals surface area contributed by atoms with Crippen molar-refractivity contribution in [2.45, 2.75) is 39.4 Å². The SMILES string of the molecule is CCCOc1ccc(C(O)C2OC(=O)c3c(C)cc(C)cc32)cc1. The van der Waals surface area contributed by atoms with E-state index < -0.39 is 12.2 Å². The van der Waals surface area contributed by atoms with E-state index in [-0.39, 0.29) is 5.97 Å². The lowest BCUT2D eigenvalue weighted by Gasteiger charge is -2.19. The Kier molecular flexibility index (Phi) is 4.58. The minimum atomic E-state index is -0.906. The zero-order valence-corrected chi connectivity index (χ0v) is 14.2. The van der Waals surface area contributed by atoms with Gasteiger partial charge in [0.15, 0.2) is 6.10 Å². The maximum Gasteiger partial charge on any atom is 0.339 e. The highest BCUT2D eigenvalue weighted by Gasteiger charge is 2.37. The highest BCUT2D eigenvalue weighted by atomic mass is 16.6. The maximum absolute atomic E-state index is 12.2. The average Bonchev–Trinajstić information content (AvgIpc) is 2.89. The number of hydrogen-bond donors (Lipinski definition) is 1. The van der Waals surface area contributed by atoms with Gasteiger partial charge in [-0.1, -0.05) is 36.8 Å². The van der Waals surface area contributed by atoms with Crippen molar-refractivity contribution in [1.82, 2.24) is 0 Å². The summed E-state index contributed by atoms with van der Waals surface area (Å²) < 4.78 is 11.0. The first kappa shape index (κ1) is 16.5. The molecular formula is C20H22O4. The Labute approximate surface area is 142 Å². The summed E-state index contributed by atoms with van der Waals surface area (Å²) in [6, 6.07) is 11.1. The van der Waals surface area contributed by atoms with Gasteiger partial charge in [0.1, 0.15) is 11.9 Å². The van der Waals surface area contributed by atoms with Crippen molar-refractivity contribution in [3.63, 3.8) is 0 Å². The Morgan fingerprint density at radius 1 is 1.21 bits per heavy atom. The molecule has 0 bridgehead atoms. The number of aryl methyl sites for hydroxylation is 2. The zero-order valence-electron chi connectivity index (χ0n) is 14.2. The lowest BCUT2D eigenvalue weighted by Crippen LogP contribution is -2.11. The third-order valence-electron chi connectivity index (χ3n) is 4.24. The number of ether oxygens (including phenoxy) is 2. The van der Waals surface area contributed by atoms with Crippen LogP contribution in [0.15, 0.2) is 36.4 Å². The number of benzene rings is 2. The fourth-order valence-electron chi connectivity index (χ4n) is 3.13. The molecular weight excluding hydrogens is 304 g/mol. The van der Waals surface area contributed by atoms with Crippen molar-refractivity contribution in [3.05, 3.63) is 64.2 Å². The van der Waals surface area contributed by atoms with E-state index in [1.165, 1.54) is 0 Å². The number of aliphatic hydroxyl groups is 1. The van der Waals surface area contributed by atoms with E-state index in [0.717, 1.165) is 28.9 Å². The second-order valence-electron chi connectivity index (χ2n) is 6.23. The molecule has 2 atom stereocenters. The number of esters is 1. The number of cyclic esters (lactones) is 1. The van der Waals surface area contributed by atoms with Gasteiger partial charge in [0.2, 0.25) is 0 Å².